The molecule has 0 aliphatic carbocycles. The second-order valence-corrected chi connectivity index (χ2v) is 17.9. The molecule has 303 valence electrons. The number of unbranched alkanes of at least 4 members (excludes halogenated alkanes) is 1. The van der Waals surface area contributed by atoms with E-state index in [4.69, 9.17) is 4.51 Å². The van der Waals surface area contributed by atoms with Gasteiger partial charge in [0.1, 0.15) is 0 Å². The van der Waals surface area contributed by atoms with Crippen molar-refractivity contribution < 1.29 is 20.1 Å². The Balaban J connectivity index is 0.000000171. The van der Waals surface area contributed by atoms with Gasteiger partial charge < -0.3 is 24.3 Å². The summed E-state index contributed by atoms with van der Waals surface area (Å²) in [4.78, 5) is 9.19. The van der Waals surface area contributed by atoms with Crippen molar-refractivity contribution in [1.82, 2.24) is 19.5 Å². The zero-order valence-electron chi connectivity index (χ0n) is 33.2. The zero-order chi connectivity index (χ0) is 39.8. The maximum absolute atomic E-state index is 4.92. The van der Waals surface area contributed by atoms with Crippen LogP contribution in [0.5, 0.6) is 0 Å². The number of para-hydroxylation sites is 6. The Morgan fingerprint density at radius 3 is 1.63 bits per heavy atom. The number of aryl methyl sites for hydroxylation is 1. The molecule has 8 aromatic rings. The number of aromatic nitrogens is 4. The predicted octanol–water partition coefficient (Wildman–Crippen LogP) is 11.7. The van der Waals surface area contributed by atoms with Gasteiger partial charge in [-0.15, -0.1) is 16.6 Å². The van der Waals surface area contributed by atoms with Crippen molar-refractivity contribution in [2.24, 2.45) is 6.66 Å². The fourth-order valence-corrected chi connectivity index (χ4v) is 11.8. The van der Waals surface area contributed by atoms with Crippen molar-refractivity contribution in [3.05, 3.63) is 206 Å². The minimum atomic E-state index is -0.593. The van der Waals surface area contributed by atoms with E-state index in [1.807, 2.05) is 48.5 Å². The molecule has 0 saturated carbocycles. The maximum atomic E-state index is 4.92. The molecule has 0 saturated heterocycles. The van der Waals surface area contributed by atoms with Gasteiger partial charge in [-0.05, 0) is 61.3 Å². The van der Waals surface area contributed by atoms with Crippen molar-refractivity contribution in [3.63, 3.8) is 0 Å². The first-order valence-corrected chi connectivity index (χ1v) is 23.1. The first-order valence-electron chi connectivity index (χ1n) is 19.9. The standard InChI is InChI=1S/C30H26N4.C19H17N4P2.Ir/c1-3-13-25(14-4-1)33-23-31(27-17-7-9-19-29(27)33)21-11-12-22-32-24-34(26-15-5-2-6-16-26)30-20-10-8-18-28(30)32;1-24-19(15-25(22-24)14-17-10-6-3-7-11-17)18-13-23(21-20-18)12-16-8-4-2-5-9-16;/h1-10,13,15,17-20,23-24H,11-12,21-22H2;2-11H,12,14H2,1H3;/q-4;-1;. The first kappa shape index (κ1) is 41.2. The first-order chi connectivity index (χ1) is 29.2. The minimum Gasteiger partial charge on any atom is -0.501 e. The molecule has 6 aromatic carbocycles. The maximum Gasteiger partial charge on any atom is 0.0756 e. The molecule has 8 nitrogen and oxygen atoms in total. The molecule has 0 N–H and O–H groups in total. The van der Waals surface area contributed by atoms with Crippen molar-refractivity contribution in [1.29, 1.82) is 0 Å². The van der Waals surface area contributed by atoms with E-state index in [1.54, 1.807) is 4.68 Å². The Labute approximate surface area is 369 Å². The van der Waals surface area contributed by atoms with Gasteiger partial charge in [0.15, 0.2) is 0 Å². The van der Waals surface area contributed by atoms with Gasteiger partial charge in [0.25, 0.3) is 0 Å². The number of anilines is 6. The molecule has 0 amide bonds. The van der Waals surface area contributed by atoms with Crippen LogP contribution in [0.1, 0.15) is 24.0 Å². The Hall–Kier alpha value is -5.55. The molecule has 2 aliphatic heterocycles. The third-order valence-electron chi connectivity index (χ3n) is 10.2. The molecule has 10 rings (SSSR count). The van der Waals surface area contributed by atoms with Gasteiger partial charge in [0, 0.05) is 71.4 Å². The molecule has 2 unspecified atom stereocenters. The number of hydrogen-bond donors (Lipinski definition) is 0. The fraction of sp³-hybridized carbons (Fsp3) is 0.143. The summed E-state index contributed by atoms with van der Waals surface area (Å²) in [5.74, 6) is 3.58. The fourth-order valence-electron chi connectivity index (χ4n) is 7.37. The van der Waals surface area contributed by atoms with Gasteiger partial charge in [0.05, 0.1) is 6.16 Å². The second kappa shape index (κ2) is 19.7. The zero-order valence-corrected chi connectivity index (χ0v) is 37.4. The number of rotatable bonds is 12. The summed E-state index contributed by atoms with van der Waals surface area (Å²) in [6.45, 7) is 9.22. The normalized spacial score (nSPS) is 13.3. The summed E-state index contributed by atoms with van der Waals surface area (Å²) in [7, 11) is -1.17. The average molecular weight is 998 g/mol. The monoisotopic (exact) mass is 998 g/mol. The van der Waals surface area contributed by atoms with Crippen molar-refractivity contribution in [2.45, 2.75) is 25.5 Å². The molecule has 2 aromatic heterocycles. The third kappa shape index (κ3) is 9.57. The molecule has 1 radical (unpaired) electrons. The van der Waals surface area contributed by atoms with E-state index < -0.39 is 15.4 Å². The van der Waals surface area contributed by atoms with E-state index in [1.165, 1.54) is 33.9 Å². The van der Waals surface area contributed by atoms with Crippen LogP contribution in [0.25, 0.3) is 11.0 Å². The molecule has 0 fully saturated rings. The van der Waals surface area contributed by atoms with E-state index >= 15 is 0 Å². The van der Waals surface area contributed by atoms with Gasteiger partial charge in [-0.2, -0.15) is 90.8 Å². The van der Waals surface area contributed by atoms with E-state index in [-0.39, 0.29) is 20.1 Å². The van der Waals surface area contributed by atoms with Gasteiger partial charge in [-0.3, -0.25) is 5.10 Å². The van der Waals surface area contributed by atoms with Crippen LogP contribution in [0, 0.1) is 37.5 Å². The SMILES string of the molecule is Cp1n[p+](Cc2ccccc2)[c-]c1-c1[c-]n(Cc2ccccc2)nn1.[Ir].[c-]1ccccc1N1[CH-]N(CCCCN2[CH-]N(c3[c-]cccc3)c3ccccc32)c2ccccc21. The Morgan fingerprint density at radius 1 is 0.600 bits per heavy atom. The summed E-state index contributed by atoms with van der Waals surface area (Å²) < 4.78 is 6.68. The van der Waals surface area contributed by atoms with Crippen LogP contribution in [0.2, 0.25) is 0 Å². The van der Waals surface area contributed by atoms with E-state index in [9.17, 15) is 0 Å². The van der Waals surface area contributed by atoms with Gasteiger partial charge in [0.2, 0.25) is 0 Å². The van der Waals surface area contributed by atoms with Crippen LogP contribution in [-0.2, 0) is 39.5 Å². The molecular formula is C49H43IrN8P2-5. The summed E-state index contributed by atoms with van der Waals surface area (Å²) in [5.41, 5.74) is 10.4. The van der Waals surface area contributed by atoms with Crippen LogP contribution in [-0.4, -0.2) is 32.6 Å². The summed E-state index contributed by atoms with van der Waals surface area (Å²) in [6, 6.07) is 60.9. The number of nitrogens with zero attached hydrogens (tertiary/aromatic N) is 8. The molecule has 2 aliphatic rings. The van der Waals surface area contributed by atoms with E-state index in [0.717, 1.165) is 54.5 Å². The van der Waals surface area contributed by atoms with Crippen molar-refractivity contribution >= 4 is 49.5 Å². The molecule has 2 atom stereocenters. The molecule has 4 heterocycles. The van der Waals surface area contributed by atoms with Crippen molar-refractivity contribution in [3.8, 4) is 11.0 Å². The summed E-state index contributed by atoms with van der Waals surface area (Å²) in [6.07, 6.45) is 6.43. The van der Waals surface area contributed by atoms with Crippen LogP contribution in [0.15, 0.2) is 158 Å². The molecule has 0 bridgehead atoms. The Kier molecular flexibility index (Phi) is 13.5. The van der Waals surface area contributed by atoms with Gasteiger partial charge in [-0.25, -0.2) is 6.20 Å². The van der Waals surface area contributed by atoms with Crippen LogP contribution >= 0.6 is 15.4 Å². The van der Waals surface area contributed by atoms with Gasteiger partial charge >= 0.3 is 0 Å². The predicted molar refractivity (Wildman–Crippen MR) is 243 cm³/mol. The number of benzene rings is 6. The number of fused-ring (bicyclic) bond motifs is 2. The average Bonchev–Trinajstić information content (AvgIpc) is 4.09. The number of hydrogen-bond acceptors (Lipinski definition) is 7. The van der Waals surface area contributed by atoms with Gasteiger partial charge in [-0.1, -0.05) is 89.4 Å². The van der Waals surface area contributed by atoms with Crippen molar-refractivity contribution in [2.75, 3.05) is 32.7 Å². The largest absolute Gasteiger partial charge is 0.501 e. The Morgan fingerprint density at radius 2 is 1.10 bits per heavy atom. The Bertz CT molecular complexity index is 2470. The smallest absolute Gasteiger partial charge is 0.0756 e. The van der Waals surface area contributed by atoms with Crippen LogP contribution in [0.4, 0.5) is 34.1 Å². The van der Waals surface area contributed by atoms with Crippen LogP contribution in [0.3, 0.4) is 0 Å². The summed E-state index contributed by atoms with van der Waals surface area (Å²) >= 11 is 0. The topological polar surface area (TPSA) is 56.6 Å². The third-order valence-corrected chi connectivity index (χ3v) is 14.5. The van der Waals surface area contributed by atoms with Crippen LogP contribution < -0.4 is 19.6 Å². The molecule has 0 spiro atoms. The summed E-state index contributed by atoms with van der Waals surface area (Å²) in [5, 5.41) is 9.63. The minimum absolute atomic E-state index is 0. The van der Waals surface area contributed by atoms with E-state index in [0.29, 0.717) is 6.54 Å². The van der Waals surface area contributed by atoms with E-state index in [2.05, 4.69) is 183 Å². The quantitative estimate of drug-likeness (QED) is 0.0893. The molecule has 11 heteroatoms. The second-order valence-electron chi connectivity index (χ2n) is 14.3. The molecular weight excluding hydrogens is 955 g/mol. The molecule has 60 heavy (non-hydrogen) atoms.